The molecule has 2 N–H and O–H groups in total. The van der Waals surface area contributed by atoms with Gasteiger partial charge in [-0.15, -0.1) is 34.4 Å². The van der Waals surface area contributed by atoms with Gasteiger partial charge in [0.15, 0.2) is 5.13 Å². The van der Waals surface area contributed by atoms with Gasteiger partial charge in [-0.05, 0) is 48.7 Å². The van der Waals surface area contributed by atoms with Crippen molar-refractivity contribution in [3.8, 4) is 11.3 Å². The smallest absolute Gasteiger partial charge is 0.271 e. The molecule has 0 aliphatic carbocycles. The number of nitrogens with one attached hydrogen (secondary N) is 2. The maximum atomic E-state index is 12.6. The molecule has 0 fully saturated rings. The van der Waals surface area contributed by atoms with E-state index in [-0.39, 0.29) is 15.4 Å². The monoisotopic (exact) mass is 535 g/mol. The summed E-state index contributed by atoms with van der Waals surface area (Å²) in [5.74, 6) is -0.178. The average Bonchev–Trinajstić information content (AvgIpc) is 3.48. The average molecular weight is 536 g/mol. The van der Waals surface area contributed by atoms with Crippen LogP contribution in [0.1, 0.15) is 6.92 Å². The number of rotatable bonds is 8. The number of hydrogen-bond acceptors (Lipinski definition) is 7. The molecule has 2 heterocycles. The normalized spacial score (nSPS) is 12.3. The van der Waals surface area contributed by atoms with Crippen molar-refractivity contribution in [3.63, 3.8) is 0 Å². The van der Waals surface area contributed by atoms with E-state index in [1.165, 1.54) is 23.1 Å². The lowest BCUT2D eigenvalue weighted by Gasteiger charge is -2.11. The number of thiazole rings is 1. The van der Waals surface area contributed by atoms with Crippen LogP contribution in [0.4, 0.5) is 10.8 Å². The van der Waals surface area contributed by atoms with Crippen LogP contribution in [0.3, 0.4) is 0 Å². The van der Waals surface area contributed by atoms with Crippen LogP contribution in [0.25, 0.3) is 11.3 Å². The molecule has 33 heavy (non-hydrogen) atoms. The zero-order valence-electron chi connectivity index (χ0n) is 17.2. The van der Waals surface area contributed by atoms with Gasteiger partial charge < -0.3 is 5.32 Å². The second-order valence-corrected chi connectivity index (χ2v) is 12.4. The molecule has 1 unspecified atom stereocenters. The molecule has 4 aromatic rings. The molecular formula is C22H18ClN3O3S4. The maximum Gasteiger partial charge on any atom is 0.271 e. The Morgan fingerprint density at radius 3 is 2.52 bits per heavy atom. The number of carbonyl (C=O) groups is 1. The summed E-state index contributed by atoms with van der Waals surface area (Å²) in [7, 11) is -3.59. The number of thioether (sulfide) groups is 1. The SMILES string of the molecule is CC(Sc1ccc(NS(=O)(=O)c2cccs2)cc1)C(=O)Nc1nc(-c2ccccc2Cl)cs1. The zero-order valence-corrected chi connectivity index (χ0v) is 21.2. The van der Waals surface area contributed by atoms with Crippen LogP contribution in [0.2, 0.25) is 5.02 Å². The van der Waals surface area contributed by atoms with Crippen molar-refractivity contribution in [2.45, 2.75) is 21.3 Å². The van der Waals surface area contributed by atoms with E-state index in [1.54, 1.807) is 54.8 Å². The summed E-state index contributed by atoms with van der Waals surface area (Å²) < 4.78 is 27.5. The Kier molecular flexibility index (Phi) is 7.40. The molecule has 1 amide bonds. The minimum Gasteiger partial charge on any atom is -0.301 e. The number of benzene rings is 2. The quantitative estimate of drug-likeness (QED) is 0.253. The molecule has 1 atom stereocenters. The Morgan fingerprint density at radius 2 is 1.82 bits per heavy atom. The molecule has 0 spiro atoms. The zero-order chi connectivity index (χ0) is 23.4. The molecule has 0 bridgehead atoms. The van der Waals surface area contributed by atoms with Gasteiger partial charge in [0.05, 0.1) is 10.9 Å². The first kappa shape index (κ1) is 23.8. The first-order valence-electron chi connectivity index (χ1n) is 9.66. The van der Waals surface area contributed by atoms with Crippen molar-refractivity contribution >= 4 is 72.8 Å². The van der Waals surface area contributed by atoms with Crippen molar-refractivity contribution < 1.29 is 13.2 Å². The minimum absolute atomic E-state index is 0.178. The number of hydrogen-bond donors (Lipinski definition) is 2. The molecule has 0 saturated heterocycles. The molecule has 4 rings (SSSR count). The van der Waals surface area contributed by atoms with Crippen LogP contribution in [0.15, 0.2) is 80.5 Å². The van der Waals surface area contributed by atoms with Crippen molar-refractivity contribution in [2.24, 2.45) is 0 Å². The highest BCUT2D eigenvalue weighted by Gasteiger charge is 2.18. The van der Waals surface area contributed by atoms with Crippen molar-refractivity contribution in [2.75, 3.05) is 10.0 Å². The van der Waals surface area contributed by atoms with E-state index in [0.717, 1.165) is 21.8 Å². The van der Waals surface area contributed by atoms with Crippen LogP contribution in [-0.4, -0.2) is 24.6 Å². The molecule has 0 aliphatic heterocycles. The molecule has 6 nitrogen and oxygen atoms in total. The summed E-state index contributed by atoms with van der Waals surface area (Å²) in [6.45, 7) is 1.80. The Hall–Kier alpha value is -2.37. The standard InChI is InChI=1S/C22H18ClN3O3S4/c1-14(21(27)25-22-24-19(13-31-22)17-5-2-3-6-18(17)23)32-16-10-8-15(9-11-16)26-33(28,29)20-7-4-12-30-20/h2-14,26H,1H3,(H,24,25,27). The summed E-state index contributed by atoms with van der Waals surface area (Å²) in [6, 6.07) is 17.6. The van der Waals surface area contributed by atoms with Crippen molar-refractivity contribution in [1.29, 1.82) is 0 Å². The number of thiophene rings is 1. The number of halogens is 1. The largest absolute Gasteiger partial charge is 0.301 e. The summed E-state index contributed by atoms with van der Waals surface area (Å²) >= 11 is 10.1. The number of sulfonamides is 1. The summed E-state index contributed by atoms with van der Waals surface area (Å²) in [5.41, 5.74) is 1.98. The highest BCUT2D eigenvalue weighted by molar-refractivity contribution is 8.00. The Balaban J connectivity index is 1.35. The van der Waals surface area contributed by atoms with Crippen LogP contribution < -0.4 is 10.0 Å². The molecule has 11 heteroatoms. The molecule has 2 aromatic carbocycles. The van der Waals surface area contributed by atoms with E-state index in [9.17, 15) is 13.2 Å². The highest BCUT2D eigenvalue weighted by atomic mass is 35.5. The van der Waals surface area contributed by atoms with Crippen LogP contribution in [0.5, 0.6) is 0 Å². The maximum absolute atomic E-state index is 12.6. The summed E-state index contributed by atoms with van der Waals surface area (Å²) in [5, 5.41) is 7.13. The second-order valence-electron chi connectivity index (χ2n) is 6.83. The van der Waals surface area contributed by atoms with Gasteiger partial charge in [0, 0.05) is 26.5 Å². The molecule has 170 valence electrons. The van der Waals surface area contributed by atoms with Gasteiger partial charge in [-0.25, -0.2) is 13.4 Å². The van der Waals surface area contributed by atoms with E-state index in [2.05, 4.69) is 15.0 Å². The fraction of sp³-hybridized carbons (Fsp3) is 0.0909. The Bertz CT molecular complexity index is 1350. The minimum atomic E-state index is -3.59. The van der Waals surface area contributed by atoms with Gasteiger partial charge in [-0.2, -0.15) is 0 Å². The van der Waals surface area contributed by atoms with E-state index >= 15 is 0 Å². The summed E-state index contributed by atoms with van der Waals surface area (Å²) in [6.07, 6.45) is 0. The molecule has 0 radical (unpaired) electrons. The number of aromatic nitrogens is 1. The van der Waals surface area contributed by atoms with E-state index in [4.69, 9.17) is 11.6 Å². The predicted octanol–water partition coefficient (Wildman–Crippen LogP) is 6.45. The van der Waals surface area contributed by atoms with Gasteiger partial charge in [0.25, 0.3) is 10.0 Å². The fourth-order valence-electron chi connectivity index (χ4n) is 2.81. The van der Waals surface area contributed by atoms with Crippen molar-refractivity contribution in [1.82, 2.24) is 4.98 Å². The lowest BCUT2D eigenvalue weighted by Crippen LogP contribution is -2.22. The third-order valence-corrected chi connectivity index (χ3v) is 9.41. The topological polar surface area (TPSA) is 88.2 Å². The summed E-state index contributed by atoms with van der Waals surface area (Å²) in [4.78, 5) is 17.9. The van der Waals surface area contributed by atoms with Gasteiger partial charge in [0.1, 0.15) is 4.21 Å². The first-order valence-corrected chi connectivity index (χ1v) is 14.2. The van der Waals surface area contributed by atoms with E-state index < -0.39 is 10.0 Å². The molecule has 0 aliphatic rings. The van der Waals surface area contributed by atoms with Crippen LogP contribution in [0, 0.1) is 0 Å². The number of nitrogens with zero attached hydrogens (tertiary/aromatic N) is 1. The lowest BCUT2D eigenvalue weighted by molar-refractivity contribution is -0.115. The number of amides is 1. The van der Waals surface area contributed by atoms with Gasteiger partial charge in [-0.1, -0.05) is 35.9 Å². The fourth-order valence-corrected chi connectivity index (χ4v) is 6.68. The van der Waals surface area contributed by atoms with Gasteiger partial charge >= 0.3 is 0 Å². The van der Waals surface area contributed by atoms with Crippen LogP contribution >= 0.6 is 46.0 Å². The Labute approximate surface area is 209 Å². The Morgan fingerprint density at radius 1 is 1.06 bits per heavy atom. The third-order valence-electron chi connectivity index (χ3n) is 4.43. The van der Waals surface area contributed by atoms with Crippen molar-refractivity contribution in [3.05, 3.63) is 76.4 Å². The first-order chi connectivity index (χ1) is 15.8. The van der Waals surface area contributed by atoms with Gasteiger partial charge in [0.2, 0.25) is 5.91 Å². The van der Waals surface area contributed by atoms with E-state index in [0.29, 0.717) is 21.5 Å². The molecular weight excluding hydrogens is 518 g/mol. The second kappa shape index (κ2) is 10.3. The molecule has 0 saturated carbocycles. The number of anilines is 2. The molecule has 2 aromatic heterocycles. The predicted molar refractivity (Wildman–Crippen MR) is 138 cm³/mol. The third kappa shape index (κ3) is 5.96. The lowest BCUT2D eigenvalue weighted by atomic mass is 10.2. The number of carbonyl (C=O) groups excluding carboxylic acids is 1. The van der Waals surface area contributed by atoms with E-state index in [1.807, 2.05) is 23.6 Å². The van der Waals surface area contributed by atoms with Crippen LogP contribution in [-0.2, 0) is 14.8 Å². The van der Waals surface area contributed by atoms with Gasteiger partial charge in [-0.3, -0.25) is 9.52 Å². The highest BCUT2D eigenvalue weighted by Crippen LogP contribution is 2.31.